The van der Waals surface area contributed by atoms with Gasteiger partial charge in [0.15, 0.2) is 0 Å². The van der Waals surface area contributed by atoms with Crippen LogP contribution in [0.3, 0.4) is 0 Å². The molecular formula is C13H10ClNO2. The van der Waals surface area contributed by atoms with Gasteiger partial charge >= 0.3 is 5.97 Å². The SMILES string of the molecule is COC(=O)c1ccc(-c2ccccn2)cc1Cl. The van der Waals surface area contributed by atoms with Gasteiger partial charge in [0.25, 0.3) is 0 Å². The summed E-state index contributed by atoms with van der Waals surface area (Å²) < 4.78 is 4.62. The maximum atomic E-state index is 11.4. The lowest BCUT2D eigenvalue weighted by molar-refractivity contribution is 0.0601. The van der Waals surface area contributed by atoms with Gasteiger partial charge < -0.3 is 4.74 Å². The topological polar surface area (TPSA) is 39.2 Å². The first-order valence-corrected chi connectivity index (χ1v) is 5.39. The summed E-state index contributed by atoms with van der Waals surface area (Å²) in [7, 11) is 1.32. The van der Waals surface area contributed by atoms with Gasteiger partial charge in [0.1, 0.15) is 0 Å². The fourth-order valence-corrected chi connectivity index (χ4v) is 1.74. The van der Waals surface area contributed by atoms with E-state index in [1.54, 1.807) is 24.4 Å². The molecule has 0 amide bonds. The summed E-state index contributed by atoms with van der Waals surface area (Å²) in [6, 6.07) is 10.7. The second-order valence-corrected chi connectivity index (χ2v) is 3.81. The second-order valence-electron chi connectivity index (χ2n) is 3.40. The molecule has 0 fully saturated rings. The molecule has 0 atom stereocenters. The minimum atomic E-state index is -0.442. The largest absolute Gasteiger partial charge is 0.465 e. The first-order chi connectivity index (χ1) is 8.22. The summed E-state index contributed by atoms with van der Waals surface area (Å²) in [5.41, 5.74) is 2.03. The molecule has 2 aromatic rings. The number of pyridine rings is 1. The number of hydrogen-bond acceptors (Lipinski definition) is 3. The maximum absolute atomic E-state index is 11.4. The number of rotatable bonds is 2. The molecule has 0 saturated heterocycles. The van der Waals surface area contributed by atoms with Gasteiger partial charge in [-0.2, -0.15) is 0 Å². The zero-order valence-electron chi connectivity index (χ0n) is 9.18. The number of aromatic nitrogens is 1. The van der Waals surface area contributed by atoms with Crippen LogP contribution in [0, 0.1) is 0 Å². The first kappa shape index (κ1) is 11.6. The predicted molar refractivity (Wildman–Crippen MR) is 66.0 cm³/mol. The van der Waals surface area contributed by atoms with Gasteiger partial charge in [-0.1, -0.05) is 23.7 Å². The van der Waals surface area contributed by atoms with Crippen molar-refractivity contribution in [2.45, 2.75) is 0 Å². The molecular weight excluding hydrogens is 238 g/mol. The maximum Gasteiger partial charge on any atom is 0.339 e. The highest BCUT2D eigenvalue weighted by atomic mass is 35.5. The highest BCUT2D eigenvalue weighted by molar-refractivity contribution is 6.33. The van der Waals surface area contributed by atoms with Crippen molar-refractivity contribution in [1.29, 1.82) is 0 Å². The van der Waals surface area contributed by atoms with Crippen molar-refractivity contribution in [1.82, 2.24) is 4.98 Å². The molecule has 3 nitrogen and oxygen atoms in total. The van der Waals surface area contributed by atoms with E-state index in [4.69, 9.17) is 11.6 Å². The fourth-order valence-electron chi connectivity index (χ4n) is 1.48. The van der Waals surface area contributed by atoms with Crippen molar-refractivity contribution in [2.24, 2.45) is 0 Å². The van der Waals surface area contributed by atoms with E-state index in [-0.39, 0.29) is 0 Å². The quantitative estimate of drug-likeness (QED) is 0.765. The molecule has 17 heavy (non-hydrogen) atoms. The Morgan fingerprint density at radius 3 is 2.71 bits per heavy atom. The lowest BCUT2D eigenvalue weighted by Gasteiger charge is -2.05. The molecule has 0 aliphatic carbocycles. The van der Waals surface area contributed by atoms with Gasteiger partial charge in [-0.3, -0.25) is 4.98 Å². The lowest BCUT2D eigenvalue weighted by Crippen LogP contribution is -2.01. The Kier molecular flexibility index (Phi) is 3.40. The van der Waals surface area contributed by atoms with Crippen LogP contribution in [0.4, 0.5) is 0 Å². The average Bonchev–Trinajstić information content (AvgIpc) is 2.39. The van der Waals surface area contributed by atoms with Crippen LogP contribution in [0.15, 0.2) is 42.6 Å². The van der Waals surface area contributed by atoms with Crippen LogP contribution in [-0.2, 0) is 4.74 Å². The number of esters is 1. The van der Waals surface area contributed by atoms with Crippen molar-refractivity contribution in [2.75, 3.05) is 7.11 Å². The number of carbonyl (C=O) groups excluding carboxylic acids is 1. The van der Waals surface area contributed by atoms with Gasteiger partial charge in [0.05, 0.1) is 23.4 Å². The minimum Gasteiger partial charge on any atom is -0.465 e. The Morgan fingerprint density at radius 1 is 1.29 bits per heavy atom. The van der Waals surface area contributed by atoms with E-state index < -0.39 is 5.97 Å². The Hall–Kier alpha value is -1.87. The third-order valence-corrected chi connectivity index (χ3v) is 2.65. The molecule has 1 aromatic heterocycles. The van der Waals surface area contributed by atoms with Crippen molar-refractivity contribution in [3.63, 3.8) is 0 Å². The van der Waals surface area contributed by atoms with E-state index in [0.717, 1.165) is 11.3 Å². The van der Waals surface area contributed by atoms with Gasteiger partial charge in [-0.15, -0.1) is 0 Å². The van der Waals surface area contributed by atoms with Crippen LogP contribution in [-0.4, -0.2) is 18.1 Å². The smallest absolute Gasteiger partial charge is 0.339 e. The van der Waals surface area contributed by atoms with Gasteiger partial charge in [-0.05, 0) is 24.3 Å². The molecule has 0 N–H and O–H groups in total. The van der Waals surface area contributed by atoms with E-state index >= 15 is 0 Å². The summed E-state index contributed by atoms with van der Waals surface area (Å²) in [4.78, 5) is 15.6. The van der Waals surface area contributed by atoms with Crippen molar-refractivity contribution in [3.8, 4) is 11.3 Å². The Balaban J connectivity index is 2.41. The van der Waals surface area contributed by atoms with Crippen molar-refractivity contribution < 1.29 is 9.53 Å². The Morgan fingerprint density at radius 2 is 2.12 bits per heavy atom. The molecule has 0 spiro atoms. The van der Waals surface area contributed by atoms with Crippen LogP contribution in [0.1, 0.15) is 10.4 Å². The molecule has 86 valence electrons. The predicted octanol–water partition coefficient (Wildman–Crippen LogP) is 3.19. The van der Waals surface area contributed by atoms with E-state index in [0.29, 0.717) is 10.6 Å². The fraction of sp³-hybridized carbons (Fsp3) is 0.0769. The molecule has 0 aliphatic rings. The molecule has 4 heteroatoms. The number of ether oxygens (including phenoxy) is 1. The summed E-state index contributed by atoms with van der Waals surface area (Å²) in [5, 5.41) is 0.361. The second kappa shape index (κ2) is 4.97. The van der Waals surface area contributed by atoms with Crippen molar-refractivity contribution >= 4 is 17.6 Å². The average molecular weight is 248 g/mol. The van der Waals surface area contributed by atoms with Crippen LogP contribution < -0.4 is 0 Å². The van der Waals surface area contributed by atoms with Crippen LogP contribution in [0.25, 0.3) is 11.3 Å². The number of nitrogens with zero attached hydrogens (tertiary/aromatic N) is 1. The van der Waals surface area contributed by atoms with Gasteiger partial charge in [0.2, 0.25) is 0 Å². The highest BCUT2D eigenvalue weighted by Crippen LogP contribution is 2.24. The highest BCUT2D eigenvalue weighted by Gasteiger charge is 2.11. The normalized spacial score (nSPS) is 10.0. The van der Waals surface area contributed by atoms with E-state index in [9.17, 15) is 4.79 Å². The minimum absolute atomic E-state index is 0.355. The molecule has 1 aromatic carbocycles. The van der Waals surface area contributed by atoms with Crippen LogP contribution in [0.2, 0.25) is 5.02 Å². The van der Waals surface area contributed by atoms with Crippen molar-refractivity contribution in [3.05, 3.63) is 53.2 Å². The van der Waals surface area contributed by atoms with Crippen LogP contribution in [0.5, 0.6) is 0 Å². The number of benzene rings is 1. The number of methoxy groups -OCH3 is 1. The molecule has 2 rings (SSSR count). The zero-order chi connectivity index (χ0) is 12.3. The third kappa shape index (κ3) is 2.45. The molecule has 0 aliphatic heterocycles. The summed E-state index contributed by atoms with van der Waals surface area (Å²) >= 11 is 6.02. The standard InChI is InChI=1S/C13H10ClNO2/c1-17-13(16)10-6-5-9(8-11(10)14)12-4-2-3-7-15-12/h2-8H,1H3. The summed E-state index contributed by atoms with van der Waals surface area (Å²) in [6.07, 6.45) is 1.71. The first-order valence-electron chi connectivity index (χ1n) is 5.01. The Bertz CT molecular complexity index is 540. The molecule has 0 radical (unpaired) electrons. The number of hydrogen-bond donors (Lipinski definition) is 0. The van der Waals surface area contributed by atoms with Crippen LogP contribution >= 0.6 is 11.6 Å². The van der Waals surface area contributed by atoms with E-state index in [1.165, 1.54) is 7.11 Å². The molecule has 1 heterocycles. The van der Waals surface area contributed by atoms with Gasteiger partial charge in [0, 0.05) is 11.8 Å². The zero-order valence-corrected chi connectivity index (χ0v) is 9.94. The Labute approximate surface area is 104 Å². The third-order valence-electron chi connectivity index (χ3n) is 2.34. The monoisotopic (exact) mass is 247 g/mol. The molecule has 0 unspecified atom stereocenters. The van der Waals surface area contributed by atoms with E-state index in [1.807, 2.05) is 18.2 Å². The number of carbonyl (C=O) groups is 1. The number of halogens is 1. The van der Waals surface area contributed by atoms with Gasteiger partial charge in [-0.25, -0.2) is 4.79 Å². The lowest BCUT2D eigenvalue weighted by atomic mass is 10.1. The molecule has 0 bridgehead atoms. The summed E-state index contributed by atoms with van der Waals surface area (Å²) in [6.45, 7) is 0. The van der Waals surface area contributed by atoms with E-state index in [2.05, 4.69) is 9.72 Å². The molecule has 0 saturated carbocycles. The summed E-state index contributed by atoms with van der Waals surface area (Å²) in [5.74, 6) is -0.442.